The molecule has 0 aromatic heterocycles. The van der Waals surface area contributed by atoms with E-state index in [1.807, 2.05) is 30.0 Å². The quantitative estimate of drug-likeness (QED) is 0.562. The lowest BCUT2D eigenvalue weighted by Crippen LogP contribution is -2.39. The number of ether oxygens (including phenoxy) is 1. The molecule has 0 bridgehead atoms. The van der Waals surface area contributed by atoms with E-state index in [-0.39, 0.29) is 6.04 Å². The van der Waals surface area contributed by atoms with Gasteiger partial charge in [-0.1, -0.05) is 32.0 Å². The summed E-state index contributed by atoms with van der Waals surface area (Å²) < 4.78 is 5.36. The van der Waals surface area contributed by atoms with Crippen LogP contribution in [0.1, 0.15) is 25.8 Å². The van der Waals surface area contributed by atoms with E-state index in [0.717, 1.165) is 17.9 Å². The fourth-order valence-electron chi connectivity index (χ4n) is 1.70. The zero-order chi connectivity index (χ0) is 13.4. The average Bonchev–Trinajstić information content (AvgIpc) is 2.43. The smallest absolute Gasteiger partial charge is 0.122 e. The van der Waals surface area contributed by atoms with Crippen molar-refractivity contribution >= 4 is 11.8 Å². The van der Waals surface area contributed by atoms with Gasteiger partial charge in [-0.25, -0.2) is 0 Å². The molecule has 102 valence electrons. The standard InChI is InChI=1S/C14H24N2OS/c1-4-11(2)18-10-13(16-15)9-12-7-5-6-8-14(12)17-3/h5-8,11,13,16H,4,9-10,15H2,1-3H3. The first-order valence-corrected chi connectivity index (χ1v) is 7.45. The van der Waals surface area contributed by atoms with Crippen LogP contribution in [-0.4, -0.2) is 24.2 Å². The predicted molar refractivity (Wildman–Crippen MR) is 80.0 cm³/mol. The van der Waals surface area contributed by atoms with E-state index in [0.29, 0.717) is 5.25 Å². The Morgan fingerprint density at radius 3 is 2.72 bits per heavy atom. The van der Waals surface area contributed by atoms with Gasteiger partial charge in [0.1, 0.15) is 5.75 Å². The molecule has 0 heterocycles. The molecule has 0 aliphatic carbocycles. The zero-order valence-electron chi connectivity index (χ0n) is 11.5. The van der Waals surface area contributed by atoms with E-state index in [1.54, 1.807) is 7.11 Å². The van der Waals surface area contributed by atoms with Crippen LogP contribution >= 0.6 is 11.8 Å². The topological polar surface area (TPSA) is 47.3 Å². The van der Waals surface area contributed by atoms with Gasteiger partial charge in [0.2, 0.25) is 0 Å². The molecule has 0 fully saturated rings. The van der Waals surface area contributed by atoms with Crippen LogP contribution in [0.5, 0.6) is 5.75 Å². The van der Waals surface area contributed by atoms with Crippen LogP contribution in [0.25, 0.3) is 0 Å². The van der Waals surface area contributed by atoms with Gasteiger partial charge < -0.3 is 4.74 Å². The summed E-state index contributed by atoms with van der Waals surface area (Å²) in [6, 6.07) is 8.39. The molecule has 0 spiro atoms. The molecule has 3 N–H and O–H groups in total. The fraction of sp³-hybridized carbons (Fsp3) is 0.571. The second-order valence-electron chi connectivity index (χ2n) is 4.43. The number of hydrazine groups is 1. The molecule has 1 aromatic carbocycles. The van der Waals surface area contributed by atoms with Crippen LogP contribution in [-0.2, 0) is 6.42 Å². The molecule has 0 radical (unpaired) electrons. The number of hydrogen-bond acceptors (Lipinski definition) is 4. The Balaban J connectivity index is 2.56. The highest BCUT2D eigenvalue weighted by Gasteiger charge is 2.12. The fourth-order valence-corrected chi connectivity index (χ4v) is 2.71. The summed E-state index contributed by atoms with van der Waals surface area (Å²) in [5.41, 5.74) is 4.11. The summed E-state index contributed by atoms with van der Waals surface area (Å²) in [6.45, 7) is 4.46. The second-order valence-corrected chi connectivity index (χ2v) is 5.90. The first-order chi connectivity index (χ1) is 8.71. The Kier molecular flexibility index (Phi) is 7.16. The minimum atomic E-state index is 0.278. The average molecular weight is 268 g/mol. The van der Waals surface area contributed by atoms with E-state index < -0.39 is 0 Å². The number of benzene rings is 1. The maximum atomic E-state index is 5.64. The summed E-state index contributed by atoms with van der Waals surface area (Å²) in [5.74, 6) is 7.59. The van der Waals surface area contributed by atoms with E-state index in [4.69, 9.17) is 10.6 Å². The Labute approximate surface area is 114 Å². The number of rotatable bonds is 8. The number of hydrogen-bond donors (Lipinski definition) is 2. The normalized spacial score (nSPS) is 14.2. The van der Waals surface area contributed by atoms with Gasteiger partial charge in [0.05, 0.1) is 7.11 Å². The molecule has 0 aliphatic heterocycles. The molecule has 1 rings (SSSR count). The first-order valence-electron chi connectivity index (χ1n) is 6.40. The van der Waals surface area contributed by atoms with Crippen LogP contribution in [0.3, 0.4) is 0 Å². The summed E-state index contributed by atoms with van der Waals surface area (Å²) >= 11 is 1.96. The molecule has 3 nitrogen and oxygen atoms in total. The van der Waals surface area contributed by atoms with Crippen LogP contribution in [0.4, 0.5) is 0 Å². The SMILES string of the molecule is CCC(C)SCC(Cc1ccccc1OC)NN. The van der Waals surface area contributed by atoms with Gasteiger partial charge in [-0.2, -0.15) is 11.8 Å². The maximum absolute atomic E-state index is 5.64. The maximum Gasteiger partial charge on any atom is 0.122 e. The van der Waals surface area contributed by atoms with Crippen molar-refractivity contribution in [3.05, 3.63) is 29.8 Å². The molecule has 2 atom stereocenters. The van der Waals surface area contributed by atoms with Crippen molar-refractivity contribution in [3.8, 4) is 5.75 Å². The van der Waals surface area contributed by atoms with Crippen molar-refractivity contribution in [2.75, 3.05) is 12.9 Å². The third kappa shape index (κ3) is 4.88. The molecule has 2 unspecified atom stereocenters. The van der Waals surface area contributed by atoms with E-state index in [9.17, 15) is 0 Å². The zero-order valence-corrected chi connectivity index (χ0v) is 12.3. The highest BCUT2D eigenvalue weighted by atomic mass is 32.2. The Morgan fingerprint density at radius 1 is 1.39 bits per heavy atom. The van der Waals surface area contributed by atoms with Crippen LogP contribution in [0.2, 0.25) is 0 Å². The van der Waals surface area contributed by atoms with Gasteiger partial charge >= 0.3 is 0 Å². The number of thioether (sulfide) groups is 1. The molecular formula is C14H24N2OS. The third-order valence-electron chi connectivity index (χ3n) is 3.05. The highest BCUT2D eigenvalue weighted by molar-refractivity contribution is 7.99. The summed E-state index contributed by atoms with van der Waals surface area (Å²) in [6.07, 6.45) is 2.08. The van der Waals surface area contributed by atoms with Crippen LogP contribution < -0.4 is 16.0 Å². The van der Waals surface area contributed by atoms with E-state index in [1.165, 1.54) is 12.0 Å². The van der Waals surface area contributed by atoms with E-state index >= 15 is 0 Å². The Hall–Kier alpha value is -0.710. The summed E-state index contributed by atoms with van der Waals surface area (Å²) in [7, 11) is 1.71. The monoisotopic (exact) mass is 268 g/mol. The molecular weight excluding hydrogens is 244 g/mol. The van der Waals surface area contributed by atoms with Crippen LogP contribution in [0, 0.1) is 0 Å². The molecule has 1 aromatic rings. The number of nitrogens with two attached hydrogens (primary N) is 1. The van der Waals surface area contributed by atoms with Crippen LogP contribution in [0.15, 0.2) is 24.3 Å². The third-order valence-corrected chi connectivity index (χ3v) is 4.55. The van der Waals surface area contributed by atoms with Gasteiger partial charge in [-0.05, 0) is 24.5 Å². The summed E-state index contributed by atoms with van der Waals surface area (Å²) in [5, 5.41) is 0.679. The molecule has 0 aliphatic rings. The minimum Gasteiger partial charge on any atom is -0.496 e. The largest absolute Gasteiger partial charge is 0.496 e. The second kappa shape index (κ2) is 8.40. The Morgan fingerprint density at radius 2 is 2.11 bits per heavy atom. The molecule has 4 heteroatoms. The lowest BCUT2D eigenvalue weighted by molar-refractivity contribution is 0.406. The van der Waals surface area contributed by atoms with Crippen molar-refractivity contribution in [2.24, 2.45) is 5.84 Å². The van der Waals surface area contributed by atoms with Crippen molar-refractivity contribution in [2.45, 2.75) is 38.0 Å². The van der Waals surface area contributed by atoms with Gasteiger partial charge in [0.25, 0.3) is 0 Å². The van der Waals surface area contributed by atoms with Crippen molar-refractivity contribution in [1.29, 1.82) is 0 Å². The lowest BCUT2D eigenvalue weighted by atomic mass is 10.1. The molecule has 0 saturated carbocycles. The van der Waals surface area contributed by atoms with Gasteiger partial charge in [0.15, 0.2) is 0 Å². The van der Waals surface area contributed by atoms with Crippen molar-refractivity contribution < 1.29 is 4.74 Å². The van der Waals surface area contributed by atoms with E-state index in [2.05, 4.69) is 25.3 Å². The predicted octanol–water partition coefficient (Wildman–Crippen LogP) is 2.60. The van der Waals surface area contributed by atoms with Gasteiger partial charge in [-0.15, -0.1) is 0 Å². The molecule has 18 heavy (non-hydrogen) atoms. The summed E-state index contributed by atoms with van der Waals surface area (Å²) in [4.78, 5) is 0. The number of nitrogens with one attached hydrogen (secondary N) is 1. The lowest BCUT2D eigenvalue weighted by Gasteiger charge is -2.19. The highest BCUT2D eigenvalue weighted by Crippen LogP contribution is 2.21. The molecule has 0 saturated heterocycles. The Bertz CT molecular complexity index is 346. The minimum absolute atomic E-state index is 0.278. The van der Waals surface area contributed by atoms with Gasteiger partial charge in [-0.3, -0.25) is 11.3 Å². The van der Waals surface area contributed by atoms with Crippen molar-refractivity contribution in [3.63, 3.8) is 0 Å². The number of methoxy groups -OCH3 is 1. The first kappa shape index (κ1) is 15.3. The number of para-hydroxylation sites is 1. The van der Waals surface area contributed by atoms with Gasteiger partial charge in [0, 0.05) is 17.0 Å². The molecule has 0 amide bonds. The van der Waals surface area contributed by atoms with Crippen molar-refractivity contribution in [1.82, 2.24) is 5.43 Å².